The fourth-order valence-electron chi connectivity index (χ4n) is 6.63. The maximum absolute atomic E-state index is 13.7. The van der Waals surface area contributed by atoms with E-state index in [-0.39, 0.29) is 204 Å². The smallest absolute Gasteiger partial charge is 0.872 e. The summed E-state index contributed by atoms with van der Waals surface area (Å²) in [6.45, 7) is 1.09. The van der Waals surface area contributed by atoms with E-state index in [4.69, 9.17) is 9.47 Å². The molecule has 7 aromatic rings. The number of hydrogen-bond acceptors (Lipinski definition) is 23. The van der Waals surface area contributed by atoms with E-state index in [2.05, 4.69) is 50.7 Å². The first kappa shape index (κ1) is 65.5. The Bertz CT molecular complexity index is 4030. The van der Waals surface area contributed by atoms with E-state index >= 15 is 0 Å². The number of nitrogens with one attached hydrogen (secondary N) is 3. The molecule has 0 aliphatic heterocycles. The molecule has 7 rings (SSSR count). The van der Waals surface area contributed by atoms with Gasteiger partial charge in [-0.1, -0.05) is 17.6 Å². The average molecular weight is 1140 g/mol. The third-order valence-corrected chi connectivity index (χ3v) is 13.2. The van der Waals surface area contributed by atoms with Crippen LogP contribution in [0.4, 0.5) is 40.1 Å². The van der Waals surface area contributed by atoms with Gasteiger partial charge in [-0.15, -0.1) is 15.3 Å². The molecule has 1 aromatic heterocycles. The van der Waals surface area contributed by atoms with Gasteiger partial charge in [0, 0.05) is 17.1 Å². The number of H-pyrrole nitrogens is 2. The first-order valence-corrected chi connectivity index (χ1v) is 25.2. The Morgan fingerprint density at radius 2 is 1.28 bits per heavy atom. The molecule has 372 valence electrons. The van der Waals surface area contributed by atoms with Crippen molar-refractivity contribution in [3.05, 3.63) is 95.7 Å². The van der Waals surface area contributed by atoms with E-state index in [1.54, 1.807) is 6.92 Å². The van der Waals surface area contributed by atoms with Crippen LogP contribution in [0.2, 0.25) is 0 Å². The van der Waals surface area contributed by atoms with Crippen molar-refractivity contribution in [2.75, 3.05) is 32.7 Å². The van der Waals surface area contributed by atoms with Crippen molar-refractivity contribution in [1.82, 2.24) is 15.0 Å². The second kappa shape index (κ2) is 26.3. The Labute approximate surface area is 514 Å². The van der Waals surface area contributed by atoms with Gasteiger partial charge in [-0.25, -0.2) is 26.8 Å². The Morgan fingerprint density at radius 3 is 1.89 bits per heavy atom. The largest absolute Gasteiger partial charge is 1.00 e. The zero-order valence-corrected chi connectivity index (χ0v) is 51.5. The van der Waals surface area contributed by atoms with E-state index in [9.17, 15) is 67.2 Å². The summed E-state index contributed by atoms with van der Waals surface area (Å²) in [5.74, 6) is -2.10. The number of aliphatic hydroxyl groups is 1. The minimum absolute atomic E-state index is 0. The molecular formula is C40H32N10Na4O17S4. The first-order chi connectivity index (χ1) is 33.3. The zero-order chi connectivity index (χ0) is 51.8. The summed E-state index contributed by atoms with van der Waals surface area (Å²) >= 11 is 0. The average Bonchev–Trinajstić information content (AvgIpc) is 3.28. The van der Waals surface area contributed by atoms with Gasteiger partial charge in [0.15, 0.2) is 0 Å². The predicted molar refractivity (Wildman–Crippen MR) is 240 cm³/mol. The molecule has 0 aliphatic rings. The molecule has 0 spiro atoms. The fourth-order valence-corrected chi connectivity index (χ4v) is 8.83. The van der Waals surface area contributed by atoms with Gasteiger partial charge < -0.3 is 39.2 Å². The molecule has 27 nitrogen and oxygen atoms in total. The molecular weight excluding hydrogens is 1110 g/mol. The van der Waals surface area contributed by atoms with Gasteiger partial charge in [0.1, 0.15) is 48.0 Å². The fraction of sp³-hybridized carbons (Fsp3) is 0.125. The molecule has 6 N–H and O–H groups in total. The van der Waals surface area contributed by atoms with E-state index in [0.29, 0.717) is 11.6 Å². The summed E-state index contributed by atoms with van der Waals surface area (Å²) in [6.07, 6.45) is 0. The number of aryl methyl sites for hydroxylation is 1. The third-order valence-electron chi connectivity index (χ3n) is 9.84. The van der Waals surface area contributed by atoms with Crippen LogP contribution in [-0.2, 0) is 40.5 Å². The van der Waals surface area contributed by atoms with Crippen LogP contribution >= 0.6 is 0 Å². The van der Waals surface area contributed by atoms with Gasteiger partial charge in [-0.3, -0.25) is 19.1 Å². The Hall–Kier alpha value is -3.75. The number of azo groups is 2. The number of ether oxygens (including phenoxy) is 2. The number of hydrogen-bond donors (Lipinski definition) is 6. The van der Waals surface area contributed by atoms with Crippen LogP contribution in [-0.4, -0.2) is 99.3 Å². The van der Waals surface area contributed by atoms with Crippen LogP contribution in [0.25, 0.3) is 21.5 Å². The molecule has 6 aromatic carbocycles. The van der Waals surface area contributed by atoms with Gasteiger partial charge in [-0.2, -0.15) is 26.9 Å². The molecule has 0 amide bonds. The van der Waals surface area contributed by atoms with E-state index in [0.717, 1.165) is 42.5 Å². The van der Waals surface area contributed by atoms with Crippen LogP contribution in [0, 0.1) is 6.92 Å². The molecule has 0 saturated carbocycles. The third kappa shape index (κ3) is 15.7. The number of nitrogens with zero attached hydrogens (tertiary/aromatic N) is 7. The SMILES string of the molecule is COc1ccc(S(=O)(=O)[O-])cc1N=Nc1c(S(=O)(=O)O)cc2cc(Nc3nc(=NCCO)[nH]c(=Nc4cc(C)c(N=Nc5cc(S(=O)(=O)[O-])cc6cc(S(=O)(=O)O)cc([O-])c56)cc4OC)[nH]3)ccc2c1[O-].[Na+].[Na+].[Na+].[Na+]. The number of fused-ring (bicyclic) bond motifs is 2. The Morgan fingerprint density at radius 1 is 0.653 bits per heavy atom. The summed E-state index contributed by atoms with van der Waals surface area (Å²) < 4.78 is 150. The van der Waals surface area contributed by atoms with Gasteiger partial charge in [-0.05, 0) is 95.4 Å². The van der Waals surface area contributed by atoms with Crippen LogP contribution in [0.5, 0.6) is 23.0 Å². The molecule has 0 atom stereocenters. The molecule has 35 heteroatoms. The van der Waals surface area contributed by atoms with Crippen molar-refractivity contribution in [1.29, 1.82) is 0 Å². The van der Waals surface area contributed by atoms with Gasteiger partial charge >= 0.3 is 118 Å². The second-order valence-electron chi connectivity index (χ2n) is 14.6. The summed E-state index contributed by atoms with van der Waals surface area (Å²) in [4.78, 5) is 15.4. The molecule has 1 heterocycles. The van der Waals surface area contributed by atoms with E-state index < -0.39 is 82.9 Å². The Kier molecular flexibility index (Phi) is 23.0. The number of benzene rings is 6. The summed E-state index contributed by atoms with van der Waals surface area (Å²) in [5, 5.41) is 53.9. The van der Waals surface area contributed by atoms with Crippen LogP contribution in [0.15, 0.2) is 129 Å². The van der Waals surface area contributed by atoms with E-state index in [1.165, 1.54) is 44.6 Å². The number of aliphatic hydroxyl groups excluding tert-OH is 1. The van der Waals surface area contributed by atoms with Crippen molar-refractivity contribution < 1.29 is 195 Å². The number of aromatic nitrogens is 3. The first-order valence-electron chi connectivity index (χ1n) is 19.5. The molecule has 0 aliphatic carbocycles. The van der Waals surface area contributed by atoms with Crippen molar-refractivity contribution in [2.45, 2.75) is 26.5 Å². The molecule has 0 unspecified atom stereocenters. The minimum atomic E-state index is -5.18. The summed E-state index contributed by atoms with van der Waals surface area (Å²) in [7, 11) is -17.8. The molecule has 0 fully saturated rings. The second-order valence-corrected chi connectivity index (χ2v) is 20.1. The van der Waals surface area contributed by atoms with Crippen molar-refractivity contribution in [2.24, 2.45) is 30.4 Å². The van der Waals surface area contributed by atoms with Crippen LogP contribution in [0.3, 0.4) is 0 Å². The Balaban J connectivity index is 0.00000371. The van der Waals surface area contributed by atoms with Gasteiger partial charge in [0.05, 0.1) is 59.1 Å². The van der Waals surface area contributed by atoms with Crippen LogP contribution < -0.4 is 154 Å². The van der Waals surface area contributed by atoms with Crippen molar-refractivity contribution in [3.8, 4) is 23.0 Å². The van der Waals surface area contributed by atoms with E-state index in [1.807, 2.05) is 0 Å². The molecule has 0 radical (unpaired) electrons. The van der Waals surface area contributed by atoms with Crippen molar-refractivity contribution >= 4 is 102 Å². The standard InChI is InChI=1S/C40H36N10O17S4.4Na/c1-19-10-28(33(67-3)18-27(19)47-49-30-16-24(69(57,58)59)12-21-13-25(70(60,61)62)17-31(52)35(21)30)43-40-45-38(41-8-9-51)44-39(46-40)42-22-4-6-26-20(11-22)14-34(71(63,64)65)36(37(26)53)50-48-29-15-23(68(54,55)56)5-7-32(29)66-2;;;;/h4-7,10-18,51-53H,8-9H2,1-3H3,(H,54,55,56)(H,57,58,59)(H,60,61,62)(H,63,64,65)(H3,41,42,43,44,45,46);;;;/q;4*+1/p-4. The number of rotatable bonds is 15. The van der Waals surface area contributed by atoms with Crippen LogP contribution in [0.1, 0.15) is 5.56 Å². The number of anilines is 2. The molecule has 0 bridgehead atoms. The number of aromatic amines is 2. The maximum Gasteiger partial charge on any atom is 1.00 e. The van der Waals surface area contributed by atoms with Crippen molar-refractivity contribution in [3.63, 3.8) is 0 Å². The monoisotopic (exact) mass is 1140 g/mol. The number of methoxy groups -OCH3 is 2. The minimum Gasteiger partial charge on any atom is -0.872 e. The molecule has 0 saturated heterocycles. The summed E-state index contributed by atoms with van der Waals surface area (Å²) in [5.41, 5.74) is -0.979. The van der Waals surface area contributed by atoms with Gasteiger partial charge in [0.2, 0.25) is 17.2 Å². The normalized spacial score (nSPS) is 12.5. The predicted octanol–water partition coefficient (Wildman–Crippen LogP) is -8.47. The maximum atomic E-state index is 13.7. The molecule has 75 heavy (non-hydrogen) atoms. The topological polar surface area (TPSA) is 439 Å². The summed E-state index contributed by atoms with van der Waals surface area (Å²) in [6, 6.07) is 13.5. The quantitative estimate of drug-likeness (QED) is 0.0315. The zero-order valence-electron chi connectivity index (χ0n) is 40.2. The van der Waals surface area contributed by atoms with Gasteiger partial charge in [0.25, 0.3) is 20.2 Å².